The smallest absolute Gasteiger partial charge is 0.258 e. The predicted octanol–water partition coefficient (Wildman–Crippen LogP) is 1.29. The first-order valence-electron chi connectivity index (χ1n) is 5.89. The summed E-state index contributed by atoms with van der Waals surface area (Å²) in [6.45, 7) is 5.68. The molecule has 1 aromatic carbocycles. The van der Waals surface area contributed by atoms with E-state index in [1.54, 1.807) is 25.1 Å². The van der Waals surface area contributed by atoms with Gasteiger partial charge in [-0.15, -0.1) is 6.58 Å². The minimum Gasteiger partial charge on any atom is -0.484 e. The summed E-state index contributed by atoms with van der Waals surface area (Å²) < 4.78 is 5.32. The molecule has 0 saturated carbocycles. The lowest BCUT2D eigenvalue weighted by molar-refractivity contribution is -0.122. The number of rotatable bonds is 7. The Kier molecular flexibility index (Phi) is 5.94. The second kappa shape index (κ2) is 7.50. The van der Waals surface area contributed by atoms with Gasteiger partial charge in [0, 0.05) is 6.54 Å². The molecule has 1 atom stereocenters. The second-order valence-electron chi connectivity index (χ2n) is 4.08. The van der Waals surface area contributed by atoms with Crippen LogP contribution in [-0.4, -0.2) is 30.3 Å². The van der Waals surface area contributed by atoms with E-state index in [1.807, 2.05) is 12.1 Å². The molecule has 1 rings (SSSR count). The molecule has 18 heavy (non-hydrogen) atoms. The summed E-state index contributed by atoms with van der Waals surface area (Å²) in [5, 5.41) is 11.9. The fraction of sp³-hybridized carbons (Fsp3) is 0.357. The van der Waals surface area contributed by atoms with E-state index in [-0.39, 0.29) is 18.6 Å². The molecule has 0 heterocycles. The molecule has 0 aliphatic rings. The average Bonchev–Trinajstić information content (AvgIpc) is 2.35. The molecule has 0 bridgehead atoms. The third kappa shape index (κ3) is 5.50. The first-order chi connectivity index (χ1) is 8.61. The molecule has 0 aliphatic heterocycles. The zero-order chi connectivity index (χ0) is 13.4. The van der Waals surface area contributed by atoms with Crippen LogP contribution in [-0.2, 0) is 11.2 Å². The lowest BCUT2D eigenvalue weighted by Crippen LogP contribution is -2.28. The van der Waals surface area contributed by atoms with Gasteiger partial charge in [-0.3, -0.25) is 4.79 Å². The van der Waals surface area contributed by atoms with E-state index in [1.165, 1.54) is 0 Å². The van der Waals surface area contributed by atoms with Crippen LogP contribution in [0.2, 0.25) is 0 Å². The first kappa shape index (κ1) is 14.3. The Morgan fingerprint density at radius 2 is 2.17 bits per heavy atom. The van der Waals surface area contributed by atoms with Gasteiger partial charge in [0.15, 0.2) is 6.61 Å². The number of hydrogen-bond acceptors (Lipinski definition) is 3. The molecule has 0 saturated heterocycles. The highest BCUT2D eigenvalue weighted by atomic mass is 16.5. The van der Waals surface area contributed by atoms with Gasteiger partial charge in [0.1, 0.15) is 5.75 Å². The SMILES string of the molecule is C=CCNC(=O)COc1ccc(CC(C)O)cc1. The number of benzene rings is 1. The van der Waals surface area contributed by atoms with Crippen LogP contribution in [0.25, 0.3) is 0 Å². The molecule has 1 unspecified atom stereocenters. The van der Waals surface area contributed by atoms with Gasteiger partial charge in [0.25, 0.3) is 5.91 Å². The van der Waals surface area contributed by atoms with Gasteiger partial charge in [-0.2, -0.15) is 0 Å². The maximum atomic E-state index is 11.3. The number of carbonyl (C=O) groups excluding carboxylic acids is 1. The van der Waals surface area contributed by atoms with Crippen molar-refractivity contribution >= 4 is 5.91 Å². The van der Waals surface area contributed by atoms with Gasteiger partial charge < -0.3 is 15.2 Å². The molecule has 0 aromatic heterocycles. The van der Waals surface area contributed by atoms with Gasteiger partial charge in [0.2, 0.25) is 0 Å². The molecule has 1 amide bonds. The monoisotopic (exact) mass is 249 g/mol. The normalized spacial score (nSPS) is 11.7. The van der Waals surface area contributed by atoms with E-state index in [0.29, 0.717) is 18.7 Å². The minimum atomic E-state index is -0.360. The van der Waals surface area contributed by atoms with Crippen LogP contribution in [0.15, 0.2) is 36.9 Å². The maximum Gasteiger partial charge on any atom is 0.258 e. The lowest BCUT2D eigenvalue weighted by Gasteiger charge is -2.08. The third-order valence-electron chi connectivity index (χ3n) is 2.27. The van der Waals surface area contributed by atoms with E-state index in [0.717, 1.165) is 5.56 Å². The van der Waals surface area contributed by atoms with E-state index < -0.39 is 0 Å². The molecule has 4 heteroatoms. The van der Waals surface area contributed by atoms with Gasteiger partial charge in [-0.25, -0.2) is 0 Å². The Morgan fingerprint density at radius 1 is 1.50 bits per heavy atom. The lowest BCUT2D eigenvalue weighted by atomic mass is 10.1. The summed E-state index contributed by atoms with van der Waals surface area (Å²) in [7, 11) is 0. The zero-order valence-electron chi connectivity index (χ0n) is 10.6. The quantitative estimate of drug-likeness (QED) is 0.716. The van der Waals surface area contributed by atoms with Crippen LogP contribution >= 0.6 is 0 Å². The van der Waals surface area contributed by atoms with Crippen LogP contribution in [0.3, 0.4) is 0 Å². The summed E-state index contributed by atoms with van der Waals surface area (Å²) in [4.78, 5) is 11.3. The number of aliphatic hydroxyl groups is 1. The second-order valence-corrected chi connectivity index (χ2v) is 4.08. The molecule has 1 aromatic rings. The standard InChI is InChI=1S/C14H19NO3/c1-3-8-15-14(17)10-18-13-6-4-12(5-7-13)9-11(2)16/h3-7,11,16H,1,8-10H2,2H3,(H,15,17). The van der Waals surface area contributed by atoms with Crippen LogP contribution in [0.5, 0.6) is 5.75 Å². The van der Waals surface area contributed by atoms with Crippen LogP contribution in [0.4, 0.5) is 0 Å². The largest absolute Gasteiger partial charge is 0.484 e. The van der Waals surface area contributed by atoms with Crippen molar-refractivity contribution in [2.75, 3.05) is 13.2 Å². The van der Waals surface area contributed by atoms with E-state index >= 15 is 0 Å². The average molecular weight is 249 g/mol. The predicted molar refractivity (Wildman–Crippen MR) is 70.5 cm³/mol. The van der Waals surface area contributed by atoms with Crippen molar-refractivity contribution in [2.24, 2.45) is 0 Å². The molecule has 0 spiro atoms. The van der Waals surface area contributed by atoms with E-state index in [9.17, 15) is 9.90 Å². The Bertz CT molecular complexity index is 385. The number of amides is 1. The molecule has 98 valence electrons. The summed E-state index contributed by atoms with van der Waals surface area (Å²) in [5.41, 5.74) is 1.04. The van der Waals surface area contributed by atoms with E-state index in [2.05, 4.69) is 11.9 Å². The summed E-state index contributed by atoms with van der Waals surface area (Å²) in [5.74, 6) is 0.459. The fourth-order valence-corrected chi connectivity index (χ4v) is 1.45. The maximum absolute atomic E-state index is 11.3. The zero-order valence-corrected chi connectivity index (χ0v) is 10.6. The Morgan fingerprint density at radius 3 is 2.72 bits per heavy atom. The number of nitrogens with one attached hydrogen (secondary N) is 1. The molecule has 2 N–H and O–H groups in total. The van der Waals surface area contributed by atoms with Crippen LogP contribution in [0.1, 0.15) is 12.5 Å². The number of hydrogen-bond donors (Lipinski definition) is 2. The molecule has 0 aliphatic carbocycles. The first-order valence-corrected chi connectivity index (χ1v) is 5.89. The fourth-order valence-electron chi connectivity index (χ4n) is 1.45. The van der Waals surface area contributed by atoms with Gasteiger partial charge in [-0.05, 0) is 31.0 Å². The third-order valence-corrected chi connectivity index (χ3v) is 2.27. The highest BCUT2D eigenvalue weighted by Gasteiger charge is 2.02. The molecule has 4 nitrogen and oxygen atoms in total. The van der Waals surface area contributed by atoms with Gasteiger partial charge in [-0.1, -0.05) is 18.2 Å². The Hall–Kier alpha value is -1.81. The number of carbonyl (C=O) groups is 1. The van der Waals surface area contributed by atoms with Crippen molar-refractivity contribution < 1.29 is 14.6 Å². The number of aliphatic hydroxyl groups excluding tert-OH is 1. The van der Waals surface area contributed by atoms with Crippen molar-refractivity contribution in [3.63, 3.8) is 0 Å². The molecular weight excluding hydrogens is 230 g/mol. The van der Waals surface area contributed by atoms with Crippen LogP contribution in [0, 0.1) is 0 Å². The minimum absolute atomic E-state index is 0.0103. The Balaban J connectivity index is 2.39. The topological polar surface area (TPSA) is 58.6 Å². The summed E-state index contributed by atoms with van der Waals surface area (Å²) >= 11 is 0. The van der Waals surface area contributed by atoms with Crippen molar-refractivity contribution in [3.8, 4) is 5.75 Å². The highest BCUT2D eigenvalue weighted by molar-refractivity contribution is 5.77. The molecule has 0 radical (unpaired) electrons. The van der Waals surface area contributed by atoms with Crippen LogP contribution < -0.4 is 10.1 Å². The summed E-state index contributed by atoms with van der Waals surface area (Å²) in [6, 6.07) is 7.34. The van der Waals surface area contributed by atoms with Crippen molar-refractivity contribution in [3.05, 3.63) is 42.5 Å². The van der Waals surface area contributed by atoms with Crippen molar-refractivity contribution in [1.29, 1.82) is 0 Å². The van der Waals surface area contributed by atoms with E-state index in [4.69, 9.17) is 4.74 Å². The highest BCUT2D eigenvalue weighted by Crippen LogP contribution is 2.13. The van der Waals surface area contributed by atoms with Gasteiger partial charge >= 0.3 is 0 Å². The number of ether oxygens (including phenoxy) is 1. The molecular formula is C14H19NO3. The van der Waals surface area contributed by atoms with Crippen molar-refractivity contribution in [1.82, 2.24) is 5.32 Å². The van der Waals surface area contributed by atoms with Gasteiger partial charge in [0.05, 0.1) is 6.10 Å². The van der Waals surface area contributed by atoms with Crippen molar-refractivity contribution in [2.45, 2.75) is 19.4 Å². The molecule has 0 fully saturated rings. The Labute approximate surface area is 107 Å². The summed E-state index contributed by atoms with van der Waals surface area (Å²) in [6.07, 6.45) is 1.87.